The molecular weight excluding hydrogens is 297 g/mol. The van der Waals surface area contributed by atoms with Crippen molar-refractivity contribution in [3.05, 3.63) is 32.9 Å². The van der Waals surface area contributed by atoms with E-state index in [4.69, 9.17) is 9.90 Å². The average Bonchev–Trinajstić information content (AvgIpc) is 2.41. The van der Waals surface area contributed by atoms with Gasteiger partial charge in [0, 0.05) is 20.0 Å². The summed E-state index contributed by atoms with van der Waals surface area (Å²) in [6, 6.07) is -0.626. The zero-order chi connectivity index (χ0) is 17.3. The van der Waals surface area contributed by atoms with Gasteiger partial charge in [-0.15, -0.1) is 0 Å². The van der Waals surface area contributed by atoms with Crippen LogP contribution in [0.2, 0.25) is 0 Å². The van der Waals surface area contributed by atoms with Crippen LogP contribution in [0.5, 0.6) is 0 Å². The van der Waals surface area contributed by atoms with Gasteiger partial charge >= 0.3 is 11.7 Å². The molecule has 1 aromatic heterocycles. The summed E-state index contributed by atoms with van der Waals surface area (Å²) in [5, 5.41) is 7.42. The molecule has 0 aliphatic rings. The Morgan fingerprint density at radius 1 is 1.27 bits per heavy atom. The molecule has 1 aromatic rings. The van der Waals surface area contributed by atoms with Gasteiger partial charge in [0.1, 0.15) is 0 Å². The monoisotopic (exact) mass is 317 g/mol. The van der Waals surface area contributed by atoms with E-state index in [1.54, 1.807) is 4.98 Å². The van der Waals surface area contributed by atoms with Crippen molar-refractivity contribution < 1.29 is 19.1 Å². The fourth-order valence-corrected chi connectivity index (χ4v) is 1.59. The van der Waals surface area contributed by atoms with Crippen molar-refractivity contribution in [2.75, 3.05) is 13.1 Å². The molecule has 0 aliphatic carbocycles. The Balaban J connectivity index is 0.000000980. The summed E-state index contributed by atoms with van der Waals surface area (Å²) in [7, 11) is 0. The smallest absolute Gasteiger partial charge is 0.336 e. The van der Waals surface area contributed by atoms with Crippen molar-refractivity contribution >= 4 is 12.0 Å². The maximum atomic E-state index is 13.1. The van der Waals surface area contributed by atoms with Crippen LogP contribution in [0.3, 0.4) is 0 Å². The van der Waals surface area contributed by atoms with Crippen LogP contribution in [0, 0.1) is 5.82 Å². The van der Waals surface area contributed by atoms with E-state index in [1.807, 2.05) is 13.8 Å². The van der Waals surface area contributed by atoms with Gasteiger partial charge < -0.3 is 10.0 Å². The van der Waals surface area contributed by atoms with Crippen molar-refractivity contribution in [2.45, 2.75) is 33.6 Å². The number of aromatic amines is 1. The lowest BCUT2D eigenvalue weighted by atomic mass is 10.4. The molecule has 0 saturated heterocycles. The van der Waals surface area contributed by atoms with Gasteiger partial charge in [0.05, 0.1) is 6.20 Å². The quantitative estimate of drug-likeness (QED) is 0.855. The largest absolute Gasteiger partial charge is 0.481 e. The van der Waals surface area contributed by atoms with Crippen molar-refractivity contribution in [1.29, 1.82) is 0 Å². The first-order valence-electron chi connectivity index (χ1n) is 6.74. The lowest BCUT2D eigenvalue weighted by molar-refractivity contribution is -0.134. The van der Waals surface area contributed by atoms with E-state index >= 15 is 0 Å². The summed E-state index contributed by atoms with van der Waals surface area (Å²) in [4.78, 5) is 46.5. The summed E-state index contributed by atoms with van der Waals surface area (Å²) in [6.45, 7) is 5.82. The van der Waals surface area contributed by atoms with Gasteiger partial charge in [-0.25, -0.2) is 14.2 Å². The van der Waals surface area contributed by atoms with E-state index in [0.29, 0.717) is 23.9 Å². The number of hydrogen-bond acceptors (Lipinski definition) is 4. The maximum Gasteiger partial charge on any atom is 0.336 e. The number of hydrogen-bond donors (Lipinski definition) is 2. The molecule has 2 N–H and O–H groups in total. The van der Waals surface area contributed by atoms with Crippen molar-refractivity contribution in [3.63, 3.8) is 0 Å². The van der Waals surface area contributed by atoms with Crippen LogP contribution in [-0.2, 0) is 4.79 Å². The molecule has 0 spiro atoms. The third-order valence-corrected chi connectivity index (χ3v) is 2.36. The summed E-state index contributed by atoms with van der Waals surface area (Å²) < 4.78 is 13.7. The lowest BCUT2D eigenvalue weighted by Gasteiger charge is -2.21. The van der Waals surface area contributed by atoms with Crippen LogP contribution in [0.25, 0.3) is 0 Å². The standard InChI is InChI=1S/C11H16FN3O3.C2H4O2/c1-3-5-14(6-4-2)11(18)15-7-8(12)9(16)13-10(15)17;1-2(3)4/h7H,3-6H2,1-2H3,(H,13,16,17);1H3,(H,3,4). The topological polar surface area (TPSA) is 112 Å². The molecule has 0 aliphatic heterocycles. The van der Waals surface area contributed by atoms with E-state index in [9.17, 15) is 18.8 Å². The average molecular weight is 317 g/mol. The van der Waals surface area contributed by atoms with E-state index in [2.05, 4.69) is 0 Å². The van der Waals surface area contributed by atoms with Gasteiger partial charge in [-0.05, 0) is 12.8 Å². The van der Waals surface area contributed by atoms with Crippen molar-refractivity contribution in [2.24, 2.45) is 0 Å². The molecule has 0 radical (unpaired) electrons. The minimum atomic E-state index is -1.16. The normalized spacial score (nSPS) is 9.64. The molecule has 22 heavy (non-hydrogen) atoms. The number of carbonyl (C=O) groups is 2. The van der Waals surface area contributed by atoms with E-state index in [1.165, 1.54) is 4.90 Å². The van der Waals surface area contributed by atoms with E-state index in [0.717, 1.165) is 19.8 Å². The number of nitrogens with zero attached hydrogens (tertiary/aromatic N) is 2. The zero-order valence-corrected chi connectivity index (χ0v) is 12.8. The second kappa shape index (κ2) is 9.48. The van der Waals surface area contributed by atoms with Gasteiger partial charge in [0.15, 0.2) is 0 Å². The Morgan fingerprint density at radius 2 is 1.73 bits per heavy atom. The molecule has 0 saturated carbocycles. The number of nitrogens with one attached hydrogen (secondary N) is 1. The molecule has 0 bridgehead atoms. The fraction of sp³-hybridized carbons (Fsp3) is 0.538. The lowest BCUT2D eigenvalue weighted by Crippen LogP contribution is -2.43. The number of rotatable bonds is 4. The van der Waals surface area contributed by atoms with Gasteiger partial charge in [-0.2, -0.15) is 4.39 Å². The molecule has 9 heteroatoms. The Labute approximate surface area is 126 Å². The van der Waals surface area contributed by atoms with Crippen LogP contribution in [0.1, 0.15) is 33.6 Å². The highest BCUT2D eigenvalue weighted by Crippen LogP contribution is 1.98. The molecule has 1 amide bonds. The number of aromatic nitrogens is 2. The summed E-state index contributed by atoms with van der Waals surface area (Å²) >= 11 is 0. The first kappa shape index (κ1) is 19.6. The van der Waals surface area contributed by atoms with Crippen LogP contribution in [-0.4, -0.2) is 44.6 Å². The highest BCUT2D eigenvalue weighted by Gasteiger charge is 2.17. The highest BCUT2D eigenvalue weighted by molar-refractivity contribution is 5.76. The fourth-order valence-electron chi connectivity index (χ4n) is 1.59. The number of carbonyl (C=O) groups excluding carboxylic acids is 1. The van der Waals surface area contributed by atoms with Crippen LogP contribution in [0.15, 0.2) is 15.8 Å². The zero-order valence-electron chi connectivity index (χ0n) is 12.8. The maximum absolute atomic E-state index is 13.1. The molecule has 0 aromatic carbocycles. The predicted octanol–water partition coefficient (Wildman–Crippen LogP) is 0.857. The number of aliphatic carboxylic acids is 1. The van der Waals surface area contributed by atoms with Crippen LogP contribution in [0.4, 0.5) is 9.18 Å². The SMILES string of the molecule is CC(=O)O.CCCN(CCC)C(=O)n1cc(F)c(=O)[nH]c1=O. The van der Waals surface area contributed by atoms with Gasteiger partial charge in [-0.3, -0.25) is 14.6 Å². The Hall–Kier alpha value is -2.45. The Kier molecular flexibility index (Phi) is 8.42. The van der Waals surface area contributed by atoms with Gasteiger partial charge in [-0.1, -0.05) is 13.8 Å². The molecule has 1 heterocycles. The molecule has 1 rings (SSSR count). The minimum absolute atomic E-state index is 0.472. The number of carboxylic acid groups (broad SMARTS) is 1. The second-order valence-electron chi connectivity index (χ2n) is 4.39. The van der Waals surface area contributed by atoms with Crippen LogP contribution >= 0.6 is 0 Å². The first-order chi connectivity index (χ1) is 10.2. The van der Waals surface area contributed by atoms with E-state index < -0.39 is 29.1 Å². The number of amides is 1. The summed E-state index contributed by atoms with van der Waals surface area (Å²) in [6.07, 6.45) is 2.08. The third-order valence-electron chi connectivity index (χ3n) is 2.36. The van der Waals surface area contributed by atoms with Gasteiger partial charge in [0.2, 0.25) is 5.82 Å². The molecule has 124 valence electrons. The van der Waals surface area contributed by atoms with Crippen LogP contribution < -0.4 is 11.2 Å². The molecule has 0 fully saturated rings. The third kappa shape index (κ3) is 6.33. The summed E-state index contributed by atoms with van der Waals surface area (Å²) in [5.74, 6) is -1.99. The molecule has 8 nitrogen and oxygen atoms in total. The minimum Gasteiger partial charge on any atom is -0.481 e. The molecular formula is C13H20FN3O5. The highest BCUT2D eigenvalue weighted by atomic mass is 19.1. The molecule has 0 atom stereocenters. The first-order valence-corrected chi connectivity index (χ1v) is 6.74. The van der Waals surface area contributed by atoms with E-state index in [-0.39, 0.29) is 0 Å². The number of halogens is 1. The van der Waals surface area contributed by atoms with Gasteiger partial charge in [0.25, 0.3) is 11.5 Å². The number of H-pyrrole nitrogens is 1. The Bertz CT molecular complexity index is 613. The van der Waals surface area contributed by atoms with Crippen molar-refractivity contribution in [3.8, 4) is 0 Å². The Morgan fingerprint density at radius 3 is 2.14 bits per heavy atom. The predicted molar refractivity (Wildman–Crippen MR) is 77.5 cm³/mol. The second-order valence-corrected chi connectivity index (χ2v) is 4.39. The number of carboxylic acids is 1. The molecule has 0 unspecified atom stereocenters. The van der Waals surface area contributed by atoms with Crippen molar-refractivity contribution in [1.82, 2.24) is 14.5 Å². The summed E-state index contributed by atoms with van der Waals surface area (Å²) in [5.41, 5.74) is -2.05.